The summed E-state index contributed by atoms with van der Waals surface area (Å²) in [5.41, 5.74) is 6.75. The maximum atomic E-state index is 11.5. The van der Waals surface area contributed by atoms with Crippen molar-refractivity contribution in [2.24, 2.45) is 5.73 Å². The molecule has 2 N–H and O–H groups in total. The molecule has 0 bridgehead atoms. The number of hydrogen-bond donors (Lipinski definition) is 1. The minimum atomic E-state index is -0.211. The highest BCUT2D eigenvalue weighted by molar-refractivity contribution is 5.79. The van der Waals surface area contributed by atoms with Crippen LogP contribution in [-0.4, -0.2) is 55.0 Å². The van der Waals surface area contributed by atoms with Gasteiger partial charge in [-0.2, -0.15) is 0 Å². The van der Waals surface area contributed by atoms with E-state index in [2.05, 4.69) is 28.9 Å². The average Bonchev–Trinajstić information content (AvgIpc) is 2.55. The number of amides is 1. The Morgan fingerprint density at radius 1 is 1.27 bits per heavy atom. The second kappa shape index (κ2) is 7.61. The molecule has 122 valence electrons. The van der Waals surface area contributed by atoms with Crippen LogP contribution in [0.2, 0.25) is 0 Å². The Balaban J connectivity index is 1.97. The van der Waals surface area contributed by atoms with E-state index in [1.54, 1.807) is 7.11 Å². The first-order valence-electron chi connectivity index (χ1n) is 7.98. The van der Waals surface area contributed by atoms with Gasteiger partial charge in [0.15, 0.2) is 0 Å². The van der Waals surface area contributed by atoms with Gasteiger partial charge in [-0.15, -0.1) is 0 Å². The lowest BCUT2D eigenvalue weighted by molar-refractivity contribution is -0.124. The van der Waals surface area contributed by atoms with E-state index in [0.29, 0.717) is 6.04 Å². The van der Waals surface area contributed by atoms with Crippen molar-refractivity contribution in [1.82, 2.24) is 9.80 Å². The van der Waals surface area contributed by atoms with Crippen LogP contribution in [-0.2, 0) is 4.79 Å². The standard InChI is InChI=1S/C17H27N3O2/c1-4-16(17(18)21)20-10-8-19(9-11-20)13(2)14-6-5-7-15(12-14)22-3/h5-7,12-13,16H,4,8-11H2,1-3H3,(H2,18,21)/t13-,16+/m1/s1. The number of primary amides is 1. The van der Waals surface area contributed by atoms with Crippen molar-refractivity contribution in [1.29, 1.82) is 0 Å². The summed E-state index contributed by atoms with van der Waals surface area (Å²) in [5.74, 6) is 0.680. The topological polar surface area (TPSA) is 58.8 Å². The molecule has 1 heterocycles. The summed E-state index contributed by atoms with van der Waals surface area (Å²) in [6, 6.07) is 8.43. The Bertz CT molecular complexity index is 498. The van der Waals surface area contributed by atoms with Crippen molar-refractivity contribution in [3.63, 3.8) is 0 Å². The number of piperazine rings is 1. The molecular formula is C17H27N3O2. The smallest absolute Gasteiger partial charge is 0.234 e. The Morgan fingerprint density at radius 3 is 2.45 bits per heavy atom. The molecule has 1 saturated heterocycles. The lowest BCUT2D eigenvalue weighted by Gasteiger charge is -2.40. The Kier molecular flexibility index (Phi) is 5.80. The fourth-order valence-electron chi connectivity index (χ4n) is 3.19. The highest BCUT2D eigenvalue weighted by atomic mass is 16.5. The van der Waals surface area contributed by atoms with Crippen LogP contribution in [0.3, 0.4) is 0 Å². The van der Waals surface area contributed by atoms with E-state index in [9.17, 15) is 4.79 Å². The summed E-state index contributed by atoms with van der Waals surface area (Å²) in [6.45, 7) is 7.90. The molecule has 1 aliphatic rings. The van der Waals surface area contributed by atoms with Crippen LogP contribution in [0.4, 0.5) is 0 Å². The molecule has 2 rings (SSSR count). The maximum absolute atomic E-state index is 11.5. The number of hydrogen-bond acceptors (Lipinski definition) is 4. The lowest BCUT2D eigenvalue weighted by Crippen LogP contribution is -2.54. The van der Waals surface area contributed by atoms with Gasteiger partial charge in [-0.3, -0.25) is 14.6 Å². The van der Waals surface area contributed by atoms with Gasteiger partial charge in [0.2, 0.25) is 5.91 Å². The molecule has 0 saturated carbocycles. The number of methoxy groups -OCH3 is 1. The largest absolute Gasteiger partial charge is 0.497 e. The third-order valence-corrected chi connectivity index (χ3v) is 4.63. The molecular weight excluding hydrogens is 278 g/mol. The first kappa shape index (κ1) is 16.8. The zero-order chi connectivity index (χ0) is 16.1. The van der Waals surface area contributed by atoms with Crippen molar-refractivity contribution in [2.75, 3.05) is 33.3 Å². The molecule has 1 aliphatic heterocycles. The third kappa shape index (κ3) is 3.78. The van der Waals surface area contributed by atoms with Gasteiger partial charge in [0.1, 0.15) is 5.75 Å². The van der Waals surface area contributed by atoms with E-state index in [-0.39, 0.29) is 11.9 Å². The molecule has 0 aliphatic carbocycles. The molecule has 1 amide bonds. The van der Waals surface area contributed by atoms with E-state index in [1.807, 2.05) is 19.1 Å². The predicted octanol–water partition coefficient (Wildman–Crippen LogP) is 1.64. The van der Waals surface area contributed by atoms with E-state index < -0.39 is 0 Å². The highest BCUT2D eigenvalue weighted by Gasteiger charge is 2.28. The Hall–Kier alpha value is -1.59. The van der Waals surface area contributed by atoms with E-state index >= 15 is 0 Å². The maximum Gasteiger partial charge on any atom is 0.234 e. The lowest BCUT2D eigenvalue weighted by atomic mass is 10.0. The van der Waals surface area contributed by atoms with Gasteiger partial charge in [0.05, 0.1) is 13.2 Å². The number of carbonyl (C=O) groups is 1. The SMILES string of the molecule is CC[C@@H](C(N)=O)N1CCN([C@H](C)c2cccc(OC)c2)CC1. The molecule has 1 aromatic rings. The summed E-state index contributed by atoms with van der Waals surface area (Å²) in [4.78, 5) is 16.1. The monoisotopic (exact) mass is 305 g/mol. The number of carbonyl (C=O) groups excluding carboxylic acids is 1. The first-order valence-corrected chi connectivity index (χ1v) is 7.98. The van der Waals surface area contributed by atoms with Crippen LogP contribution in [0.15, 0.2) is 24.3 Å². The van der Waals surface area contributed by atoms with Crippen molar-refractivity contribution in [3.8, 4) is 5.75 Å². The quantitative estimate of drug-likeness (QED) is 0.868. The zero-order valence-electron chi connectivity index (χ0n) is 13.8. The molecule has 1 fully saturated rings. The number of benzene rings is 1. The summed E-state index contributed by atoms with van der Waals surface area (Å²) >= 11 is 0. The van der Waals surface area contributed by atoms with Crippen LogP contribution in [0, 0.1) is 0 Å². The van der Waals surface area contributed by atoms with Crippen LogP contribution < -0.4 is 10.5 Å². The molecule has 22 heavy (non-hydrogen) atoms. The second-order valence-electron chi connectivity index (χ2n) is 5.85. The predicted molar refractivity (Wildman–Crippen MR) is 87.8 cm³/mol. The van der Waals surface area contributed by atoms with E-state index in [4.69, 9.17) is 10.5 Å². The summed E-state index contributed by atoms with van der Waals surface area (Å²) in [5, 5.41) is 0. The molecule has 1 aromatic carbocycles. The fraction of sp³-hybridized carbons (Fsp3) is 0.588. The van der Waals surface area contributed by atoms with Gasteiger partial charge in [0, 0.05) is 32.2 Å². The second-order valence-corrected chi connectivity index (χ2v) is 5.85. The molecule has 0 unspecified atom stereocenters. The van der Waals surface area contributed by atoms with Gasteiger partial charge in [-0.05, 0) is 31.0 Å². The van der Waals surface area contributed by atoms with Crippen molar-refractivity contribution in [2.45, 2.75) is 32.4 Å². The minimum Gasteiger partial charge on any atom is -0.497 e. The molecule has 5 heteroatoms. The average molecular weight is 305 g/mol. The van der Waals surface area contributed by atoms with Crippen LogP contribution >= 0.6 is 0 Å². The van der Waals surface area contributed by atoms with E-state index in [1.165, 1.54) is 5.56 Å². The molecule has 2 atom stereocenters. The first-order chi connectivity index (χ1) is 10.6. The summed E-state index contributed by atoms with van der Waals surface area (Å²) in [6.07, 6.45) is 0.779. The molecule has 0 aromatic heterocycles. The van der Waals surface area contributed by atoms with Crippen molar-refractivity contribution >= 4 is 5.91 Å². The van der Waals surface area contributed by atoms with Crippen molar-refractivity contribution < 1.29 is 9.53 Å². The number of nitrogens with two attached hydrogens (primary N) is 1. The van der Waals surface area contributed by atoms with Gasteiger partial charge in [-0.1, -0.05) is 19.1 Å². The summed E-state index contributed by atoms with van der Waals surface area (Å²) in [7, 11) is 1.69. The molecule has 0 spiro atoms. The van der Waals surface area contributed by atoms with Crippen LogP contribution in [0.25, 0.3) is 0 Å². The van der Waals surface area contributed by atoms with Crippen molar-refractivity contribution in [3.05, 3.63) is 29.8 Å². The van der Waals surface area contributed by atoms with Gasteiger partial charge in [-0.25, -0.2) is 0 Å². The molecule has 0 radical (unpaired) electrons. The fourth-order valence-corrected chi connectivity index (χ4v) is 3.19. The Morgan fingerprint density at radius 2 is 1.91 bits per heavy atom. The molecule has 5 nitrogen and oxygen atoms in total. The minimum absolute atomic E-state index is 0.130. The number of ether oxygens (including phenoxy) is 1. The van der Waals surface area contributed by atoms with Crippen LogP contribution in [0.5, 0.6) is 5.75 Å². The highest BCUT2D eigenvalue weighted by Crippen LogP contribution is 2.25. The number of rotatable bonds is 6. The van der Waals surface area contributed by atoms with Gasteiger partial charge >= 0.3 is 0 Å². The van der Waals surface area contributed by atoms with E-state index in [0.717, 1.165) is 38.3 Å². The third-order valence-electron chi connectivity index (χ3n) is 4.63. The van der Waals surface area contributed by atoms with Crippen LogP contribution in [0.1, 0.15) is 31.9 Å². The van der Waals surface area contributed by atoms with Gasteiger partial charge < -0.3 is 10.5 Å². The number of nitrogens with zero attached hydrogens (tertiary/aromatic N) is 2. The Labute approximate surface area is 133 Å². The van der Waals surface area contributed by atoms with Gasteiger partial charge in [0.25, 0.3) is 0 Å². The zero-order valence-corrected chi connectivity index (χ0v) is 13.8. The normalized spacial score (nSPS) is 19.6. The summed E-state index contributed by atoms with van der Waals surface area (Å²) < 4.78 is 5.30.